The van der Waals surface area contributed by atoms with Gasteiger partial charge in [-0.2, -0.15) is 0 Å². The van der Waals surface area contributed by atoms with Crippen molar-refractivity contribution < 1.29 is 14.7 Å². The fourth-order valence-electron chi connectivity index (χ4n) is 3.11. The number of rotatable bonds is 5. The molecule has 0 aliphatic heterocycles. The number of amides is 2. The predicted molar refractivity (Wildman–Crippen MR) is 113 cm³/mol. The summed E-state index contributed by atoms with van der Waals surface area (Å²) >= 11 is 0. The molecule has 0 unspecified atom stereocenters. The van der Waals surface area contributed by atoms with Crippen molar-refractivity contribution in [2.75, 3.05) is 28.6 Å². The van der Waals surface area contributed by atoms with Gasteiger partial charge in [0.2, 0.25) is 0 Å². The lowest BCUT2D eigenvalue weighted by molar-refractivity contribution is -0.132. The van der Waals surface area contributed by atoms with E-state index in [-0.39, 0.29) is 5.75 Å². The summed E-state index contributed by atoms with van der Waals surface area (Å²) in [6.45, 7) is 5.95. The molecular formula is C22H23N3O3. The van der Waals surface area contributed by atoms with Gasteiger partial charge in [-0.15, -0.1) is 0 Å². The molecule has 0 fully saturated rings. The fraction of sp³-hybridized carbons (Fsp3) is 0.182. The summed E-state index contributed by atoms with van der Waals surface area (Å²) in [5, 5.41) is 16.4. The van der Waals surface area contributed by atoms with Gasteiger partial charge in [0.1, 0.15) is 5.75 Å². The van der Waals surface area contributed by atoms with Crippen molar-refractivity contribution in [3.63, 3.8) is 0 Å². The summed E-state index contributed by atoms with van der Waals surface area (Å²) in [5.41, 5.74) is 2.07. The Morgan fingerprint density at radius 1 is 0.821 bits per heavy atom. The Labute approximate surface area is 163 Å². The molecule has 3 rings (SSSR count). The number of hydrogen-bond acceptors (Lipinski definition) is 4. The number of phenols is 1. The van der Waals surface area contributed by atoms with Gasteiger partial charge in [-0.25, -0.2) is 0 Å². The van der Waals surface area contributed by atoms with E-state index < -0.39 is 11.8 Å². The van der Waals surface area contributed by atoms with Gasteiger partial charge in [0.25, 0.3) is 0 Å². The van der Waals surface area contributed by atoms with Crippen molar-refractivity contribution in [2.45, 2.75) is 13.8 Å². The zero-order valence-electron chi connectivity index (χ0n) is 15.9. The van der Waals surface area contributed by atoms with Crippen molar-refractivity contribution in [2.24, 2.45) is 0 Å². The minimum Gasteiger partial charge on any atom is -0.507 e. The molecular weight excluding hydrogens is 354 g/mol. The number of nitrogens with one attached hydrogen (secondary N) is 2. The SMILES string of the molecule is CCN(CC)c1ccc(NC(=O)C(=O)Nc2cccc3c(O)cccc23)cc1. The Kier molecular flexibility index (Phi) is 5.79. The Hall–Kier alpha value is -3.54. The maximum atomic E-state index is 12.3. The van der Waals surface area contributed by atoms with Crippen LogP contribution in [0.1, 0.15) is 13.8 Å². The lowest BCUT2D eigenvalue weighted by Crippen LogP contribution is -2.29. The lowest BCUT2D eigenvalue weighted by Gasteiger charge is -2.21. The second kappa shape index (κ2) is 8.43. The molecule has 3 aromatic carbocycles. The highest BCUT2D eigenvalue weighted by Gasteiger charge is 2.16. The number of aromatic hydroxyl groups is 1. The average Bonchev–Trinajstić information content (AvgIpc) is 2.71. The third-order valence-electron chi connectivity index (χ3n) is 4.61. The van der Waals surface area contributed by atoms with E-state index in [2.05, 4.69) is 29.4 Å². The van der Waals surface area contributed by atoms with Gasteiger partial charge in [-0.1, -0.05) is 24.3 Å². The maximum absolute atomic E-state index is 12.3. The molecule has 0 heterocycles. The summed E-state index contributed by atoms with van der Waals surface area (Å²) < 4.78 is 0. The minimum absolute atomic E-state index is 0.117. The molecule has 0 aromatic heterocycles. The van der Waals surface area contributed by atoms with E-state index >= 15 is 0 Å². The van der Waals surface area contributed by atoms with Crippen LogP contribution in [0.2, 0.25) is 0 Å². The van der Waals surface area contributed by atoms with Crippen molar-refractivity contribution in [1.29, 1.82) is 0 Å². The van der Waals surface area contributed by atoms with Gasteiger partial charge in [-0.05, 0) is 50.2 Å². The fourth-order valence-corrected chi connectivity index (χ4v) is 3.11. The average molecular weight is 377 g/mol. The molecule has 0 saturated heterocycles. The molecule has 0 atom stereocenters. The second-order valence-electron chi connectivity index (χ2n) is 6.31. The van der Waals surface area contributed by atoms with Crippen LogP contribution in [0.5, 0.6) is 5.75 Å². The van der Waals surface area contributed by atoms with E-state index in [9.17, 15) is 14.7 Å². The molecule has 0 aliphatic carbocycles. The van der Waals surface area contributed by atoms with Crippen LogP contribution in [0.15, 0.2) is 60.7 Å². The van der Waals surface area contributed by atoms with Gasteiger partial charge in [0, 0.05) is 40.9 Å². The van der Waals surface area contributed by atoms with Crippen LogP contribution < -0.4 is 15.5 Å². The normalized spacial score (nSPS) is 10.5. The van der Waals surface area contributed by atoms with E-state index in [1.54, 1.807) is 48.5 Å². The maximum Gasteiger partial charge on any atom is 0.314 e. The third kappa shape index (κ3) is 4.06. The Balaban J connectivity index is 1.70. The highest BCUT2D eigenvalue weighted by atomic mass is 16.3. The number of carbonyl (C=O) groups excluding carboxylic acids is 2. The second-order valence-corrected chi connectivity index (χ2v) is 6.31. The number of fused-ring (bicyclic) bond motifs is 1. The number of nitrogens with zero attached hydrogens (tertiary/aromatic N) is 1. The zero-order valence-corrected chi connectivity index (χ0v) is 15.9. The standard InChI is InChI=1S/C22H23N3O3/c1-3-25(4-2)16-13-11-15(12-14-16)23-21(27)22(28)24-19-9-5-8-18-17(19)7-6-10-20(18)26/h5-14,26H,3-4H2,1-2H3,(H,23,27)(H,24,28). The molecule has 0 bridgehead atoms. The van der Waals surface area contributed by atoms with Gasteiger partial charge in [0.15, 0.2) is 0 Å². The summed E-state index contributed by atoms with van der Waals surface area (Å²) in [4.78, 5) is 26.8. The van der Waals surface area contributed by atoms with Gasteiger partial charge >= 0.3 is 11.8 Å². The molecule has 0 radical (unpaired) electrons. The molecule has 3 aromatic rings. The van der Waals surface area contributed by atoms with E-state index in [0.29, 0.717) is 22.1 Å². The first kappa shape index (κ1) is 19.2. The topological polar surface area (TPSA) is 81.7 Å². The van der Waals surface area contributed by atoms with Crippen molar-refractivity contribution >= 4 is 39.6 Å². The van der Waals surface area contributed by atoms with Crippen LogP contribution in [0.4, 0.5) is 17.1 Å². The molecule has 0 aliphatic rings. The van der Waals surface area contributed by atoms with Gasteiger partial charge in [-0.3, -0.25) is 9.59 Å². The number of benzene rings is 3. The first-order chi connectivity index (χ1) is 13.5. The van der Waals surface area contributed by atoms with Crippen LogP contribution in [-0.2, 0) is 9.59 Å². The molecule has 6 heteroatoms. The van der Waals surface area contributed by atoms with E-state index in [1.807, 2.05) is 12.1 Å². The smallest absolute Gasteiger partial charge is 0.314 e. The molecule has 6 nitrogen and oxygen atoms in total. The van der Waals surface area contributed by atoms with Crippen LogP contribution >= 0.6 is 0 Å². The van der Waals surface area contributed by atoms with E-state index in [1.165, 1.54) is 0 Å². The van der Waals surface area contributed by atoms with Gasteiger partial charge < -0.3 is 20.6 Å². The summed E-state index contributed by atoms with van der Waals surface area (Å²) in [5.74, 6) is -1.41. The predicted octanol–water partition coefficient (Wildman–Crippen LogP) is 3.97. The van der Waals surface area contributed by atoms with Crippen LogP contribution in [-0.4, -0.2) is 30.0 Å². The zero-order chi connectivity index (χ0) is 20.1. The summed E-state index contributed by atoms with van der Waals surface area (Å²) in [7, 11) is 0. The highest BCUT2D eigenvalue weighted by molar-refractivity contribution is 6.44. The molecule has 3 N–H and O–H groups in total. The summed E-state index contributed by atoms with van der Waals surface area (Å²) in [6.07, 6.45) is 0. The van der Waals surface area contributed by atoms with Crippen LogP contribution in [0.3, 0.4) is 0 Å². The van der Waals surface area contributed by atoms with E-state index in [4.69, 9.17) is 0 Å². The van der Waals surface area contributed by atoms with Crippen LogP contribution in [0, 0.1) is 0 Å². The Bertz CT molecular complexity index is 996. The molecule has 0 spiro atoms. The number of anilines is 3. The lowest BCUT2D eigenvalue weighted by atomic mass is 10.1. The van der Waals surface area contributed by atoms with Crippen molar-refractivity contribution in [1.82, 2.24) is 0 Å². The van der Waals surface area contributed by atoms with E-state index in [0.717, 1.165) is 18.8 Å². The van der Waals surface area contributed by atoms with Crippen molar-refractivity contribution in [3.8, 4) is 5.75 Å². The molecule has 2 amide bonds. The summed E-state index contributed by atoms with van der Waals surface area (Å²) in [6, 6.07) is 17.5. The number of phenolic OH excluding ortho intramolecular Hbond substituents is 1. The Morgan fingerprint density at radius 3 is 2.11 bits per heavy atom. The highest BCUT2D eigenvalue weighted by Crippen LogP contribution is 2.29. The minimum atomic E-state index is -0.774. The number of carbonyl (C=O) groups is 2. The Morgan fingerprint density at radius 2 is 1.43 bits per heavy atom. The monoisotopic (exact) mass is 377 g/mol. The molecule has 144 valence electrons. The van der Waals surface area contributed by atoms with Crippen molar-refractivity contribution in [3.05, 3.63) is 60.7 Å². The third-order valence-corrected chi connectivity index (χ3v) is 4.61. The quantitative estimate of drug-likeness (QED) is 0.588. The molecule has 28 heavy (non-hydrogen) atoms. The van der Waals surface area contributed by atoms with Crippen LogP contribution in [0.25, 0.3) is 10.8 Å². The largest absolute Gasteiger partial charge is 0.507 e. The number of hydrogen-bond donors (Lipinski definition) is 3. The van der Waals surface area contributed by atoms with Gasteiger partial charge in [0.05, 0.1) is 0 Å². The molecule has 0 saturated carbocycles. The first-order valence-corrected chi connectivity index (χ1v) is 9.21. The first-order valence-electron chi connectivity index (χ1n) is 9.21.